The lowest BCUT2D eigenvalue weighted by atomic mass is 10.2. The third kappa shape index (κ3) is 2.31. The van der Waals surface area contributed by atoms with E-state index in [2.05, 4.69) is 10.3 Å². The molecule has 0 aliphatic carbocycles. The van der Waals surface area contributed by atoms with Gasteiger partial charge in [0.05, 0.1) is 23.8 Å². The molecule has 0 atom stereocenters. The second-order valence-corrected chi connectivity index (χ2v) is 4.70. The van der Waals surface area contributed by atoms with Gasteiger partial charge in [0.2, 0.25) is 0 Å². The van der Waals surface area contributed by atoms with Crippen LogP contribution >= 0.6 is 11.3 Å². The van der Waals surface area contributed by atoms with Crippen molar-refractivity contribution in [3.8, 4) is 0 Å². The van der Waals surface area contributed by atoms with Crippen molar-refractivity contribution < 1.29 is 9.53 Å². The Morgan fingerprint density at radius 1 is 1.62 bits per heavy atom. The van der Waals surface area contributed by atoms with Crippen LogP contribution in [0.1, 0.15) is 24.4 Å². The van der Waals surface area contributed by atoms with Gasteiger partial charge in [-0.05, 0) is 13.8 Å². The van der Waals surface area contributed by atoms with E-state index >= 15 is 0 Å². The van der Waals surface area contributed by atoms with Gasteiger partial charge in [0.25, 0.3) is 5.91 Å². The summed E-state index contributed by atoms with van der Waals surface area (Å²) in [5.74, 6) is -0.0884. The summed E-state index contributed by atoms with van der Waals surface area (Å²) < 4.78 is 5.33. The topological polar surface area (TPSA) is 51.2 Å². The van der Waals surface area contributed by atoms with Crippen LogP contribution in [-0.2, 0) is 22.6 Å². The minimum absolute atomic E-state index is 0.0884. The van der Waals surface area contributed by atoms with Crippen molar-refractivity contribution in [3.63, 3.8) is 0 Å². The summed E-state index contributed by atoms with van der Waals surface area (Å²) in [4.78, 5) is 17.1. The second kappa shape index (κ2) is 4.76. The van der Waals surface area contributed by atoms with Gasteiger partial charge in [-0.2, -0.15) is 0 Å². The number of hydrogen-bond acceptors (Lipinski definition) is 4. The second-order valence-electron chi connectivity index (χ2n) is 3.62. The van der Waals surface area contributed by atoms with E-state index in [0.717, 1.165) is 23.6 Å². The Hall–Kier alpha value is -1.20. The summed E-state index contributed by atoms with van der Waals surface area (Å²) in [5, 5.41) is 3.46. The van der Waals surface area contributed by atoms with Crippen LogP contribution < -0.4 is 5.32 Å². The summed E-state index contributed by atoms with van der Waals surface area (Å²) in [6, 6.07) is 0. The highest BCUT2D eigenvalue weighted by Gasteiger charge is 2.16. The number of anilines is 1. The molecule has 1 N–H and O–H groups in total. The zero-order valence-corrected chi connectivity index (χ0v) is 10.2. The lowest BCUT2D eigenvalue weighted by Gasteiger charge is -2.08. The Balaban J connectivity index is 2.11. The number of hydrogen-bond donors (Lipinski definition) is 1. The first-order valence-electron chi connectivity index (χ1n) is 5.21. The van der Waals surface area contributed by atoms with E-state index < -0.39 is 0 Å². The number of amides is 1. The molecule has 0 saturated heterocycles. The van der Waals surface area contributed by atoms with E-state index in [9.17, 15) is 4.79 Å². The highest BCUT2D eigenvalue weighted by Crippen LogP contribution is 2.27. The summed E-state index contributed by atoms with van der Waals surface area (Å²) in [5.41, 5.74) is 1.76. The molecule has 1 aromatic heterocycles. The predicted molar refractivity (Wildman–Crippen MR) is 63.5 cm³/mol. The molecule has 5 heteroatoms. The van der Waals surface area contributed by atoms with Crippen molar-refractivity contribution in [2.75, 3.05) is 11.9 Å². The van der Waals surface area contributed by atoms with Gasteiger partial charge >= 0.3 is 0 Å². The normalized spacial score (nSPS) is 15.8. The van der Waals surface area contributed by atoms with Gasteiger partial charge in [-0.3, -0.25) is 10.1 Å². The fraction of sp³-hybridized carbons (Fsp3) is 0.455. The molecule has 1 aromatic rings. The number of allylic oxidation sites excluding steroid dienone is 1. The quantitative estimate of drug-likeness (QED) is 0.803. The summed E-state index contributed by atoms with van der Waals surface area (Å²) in [6.07, 6.45) is 2.62. The highest BCUT2D eigenvalue weighted by atomic mass is 32.1. The van der Waals surface area contributed by atoms with Crippen molar-refractivity contribution in [2.24, 2.45) is 0 Å². The van der Waals surface area contributed by atoms with E-state index in [0.29, 0.717) is 17.3 Å². The number of nitrogens with zero attached hydrogens (tertiary/aromatic N) is 1. The molecule has 0 bridgehead atoms. The SMILES string of the molecule is C/C=C(\C)C(=O)Nc1nc2c(s1)COCC2. The third-order valence-electron chi connectivity index (χ3n) is 2.51. The van der Waals surface area contributed by atoms with E-state index in [1.54, 1.807) is 13.0 Å². The average molecular weight is 238 g/mol. The molecule has 0 radical (unpaired) electrons. The number of ether oxygens (including phenoxy) is 1. The zero-order chi connectivity index (χ0) is 11.5. The van der Waals surface area contributed by atoms with E-state index in [1.807, 2.05) is 6.92 Å². The molecule has 4 nitrogen and oxygen atoms in total. The molecule has 0 unspecified atom stereocenters. The summed E-state index contributed by atoms with van der Waals surface area (Å²) in [7, 11) is 0. The number of fused-ring (bicyclic) bond motifs is 1. The van der Waals surface area contributed by atoms with Gasteiger partial charge in [0, 0.05) is 12.0 Å². The standard InChI is InChI=1S/C11H14N2O2S/c1-3-7(2)10(14)13-11-12-8-4-5-15-6-9(8)16-11/h3H,4-6H2,1-2H3,(H,12,13,14)/b7-3+. The maximum absolute atomic E-state index is 11.6. The minimum Gasteiger partial charge on any atom is -0.375 e. The first kappa shape index (κ1) is 11.3. The van der Waals surface area contributed by atoms with Crippen molar-refractivity contribution in [1.82, 2.24) is 4.98 Å². The Morgan fingerprint density at radius 3 is 3.12 bits per heavy atom. The molecule has 0 spiro atoms. The molecule has 1 aliphatic heterocycles. The van der Waals surface area contributed by atoms with Crippen molar-refractivity contribution in [3.05, 3.63) is 22.2 Å². The number of rotatable bonds is 2. The summed E-state index contributed by atoms with van der Waals surface area (Å²) in [6.45, 7) is 4.96. The Labute approximate surface area is 98.3 Å². The molecule has 1 aliphatic rings. The van der Waals surface area contributed by atoms with Crippen LogP contribution in [0.25, 0.3) is 0 Å². The molecule has 0 saturated carbocycles. The molecule has 0 aromatic carbocycles. The first-order valence-corrected chi connectivity index (χ1v) is 6.03. The lowest BCUT2D eigenvalue weighted by Crippen LogP contribution is -2.12. The van der Waals surface area contributed by atoms with Crippen LogP contribution in [-0.4, -0.2) is 17.5 Å². The molecule has 0 fully saturated rings. The number of aromatic nitrogens is 1. The Morgan fingerprint density at radius 2 is 2.44 bits per heavy atom. The van der Waals surface area contributed by atoms with Crippen molar-refractivity contribution >= 4 is 22.4 Å². The maximum Gasteiger partial charge on any atom is 0.252 e. The molecular formula is C11H14N2O2S. The number of nitrogens with one attached hydrogen (secondary N) is 1. The largest absolute Gasteiger partial charge is 0.375 e. The Kier molecular flexibility index (Phi) is 3.36. The van der Waals surface area contributed by atoms with Gasteiger partial charge in [-0.25, -0.2) is 4.98 Å². The number of thiazole rings is 1. The molecule has 86 valence electrons. The van der Waals surface area contributed by atoms with Crippen LogP contribution in [0.15, 0.2) is 11.6 Å². The van der Waals surface area contributed by atoms with Gasteiger partial charge < -0.3 is 4.74 Å². The number of carbonyl (C=O) groups excluding carboxylic acids is 1. The van der Waals surface area contributed by atoms with E-state index in [4.69, 9.17) is 4.74 Å². The average Bonchev–Trinajstić information content (AvgIpc) is 2.69. The third-order valence-corrected chi connectivity index (χ3v) is 3.49. The zero-order valence-electron chi connectivity index (χ0n) is 9.37. The van der Waals surface area contributed by atoms with Gasteiger partial charge in [0.1, 0.15) is 0 Å². The molecule has 16 heavy (non-hydrogen) atoms. The fourth-order valence-corrected chi connectivity index (χ4v) is 2.35. The summed E-state index contributed by atoms with van der Waals surface area (Å²) >= 11 is 1.50. The maximum atomic E-state index is 11.6. The van der Waals surface area contributed by atoms with Crippen LogP contribution in [0.5, 0.6) is 0 Å². The molecular weight excluding hydrogens is 224 g/mol. The predicted octanol–water partition coefficient (Wildman–Crippen LogP) is 2.12. The van der Waals surface area contributed by atoms with Crippen LogP contribution in [0.4, 0.5) is 5.13 Å². The van der Waals surface area contributed by atoms with Crippen molar-refractivity contribution in [1.29, 1.82) is 0 Å². The monoisotopic (exact) mass is 238 g/mol. The van der Waals surface area contributed by atoms with Gasteiger partial charge in [-0.1, -0.05) is 17.4 Å². The minimum atomic E-state index is -0.0884. The smallest absolute Gasteiger partial charge is 0.252 e. The molecule has 2 heterocycles. The van der Waals surface area contributed by atoms with E-state index in [1.165, 1.54) is 11.3 Å². The van der Waals surface area contributed by atoms with Crippen molar-refractivity contribution in [2.45, 2.75) is 26.9 Å². The highest BCUT2D eigenvalue weighted by molar-refractivity contribution is 7.15. The van der Waals surface area contributed by atoms with Gasteiger partial charge in [-0.15, -0.1) is 0 Å². The van der Waals surface area contributed by atoms with Gasteiger partial charge in [0.15, 0.2) is 5.13 Å². The molecule has 1 amide bonds. The number of carbonyl (C=O) groups is 1. The van der Waals surface area contributed by atoms with Crippen LogP contribution in [0.3, 0.4) is 0 Å². The van der Waals surface area contributed by atoms with Crippen LogP contribution in [0.2, 0.25) is 0 Å². The van der Waals surface area contributed by atoms with E-state index in [-0.39, 0.29) is 5.91 Å². The van der Waals surface area contributed by atoms with Crippen LogP contribution in [0, 0.1) is 0 Å². The first-order chi connectivity index (χ1) is 7.70. The lowest BCUT2D eigenvalue weighted by molar-refractivity contribution is -0.112. The Bertz CT molecular complexity index is 414. The fourth-order valence-electron chi connectivity index (χ4n) is 1.41. The molecule has 2 rings (SSSR count).